The van der Waals surface area contributed by atoms with Crippen molar-refractivity contribution < 1.29 is 35.9 Å². The third-order valence-electron chi connectivity index (χ3n) is 7.37. The summed E-state index contributed by atoms with van der Waals surface area (Å²) in [4.78, 5) is 21.6. The number of aromatic nitrogens is 1. The van der Waals surface area contributed by atoms with E-state index in [4.69, 9.17) is 11.2 Å². The van der Waals surface area contributed by atoms with Crippen molar-refractivity contribution in [1.82, 2.24) is 15.8 Å². The van der Waals surface area contributed by atoms with Gasteiger partial charge in [0.05, 0.1) is 23.0 Å². The molecule has 2 amide bonds. The molecule has 218 valence electrons. The molecule has 2 fully saturated rings. The van der Waals surface area contributed by atoms with Gasteiger partial charge in [-0.1, -0.05) is 18.1 Å². The molecule has 0 unspecified atom stereocenters. The molecule has 3 aliphatic heterocycles. The maximum absolute atomic E-state index is 13.7. The molecular formula is C28H22F6N6O2. The van der Waals surface area contributed by atoms with Crippen molar-refractivity contribution in [3.05, 3.63) is 65.7 Å². The minimum absolute atomic E-state index is 0.0909. The van der Waals surface area contributed by atoms with Gasteiger partial charge in [-0.05, 0) is 48.9 Å². The number of rotatable bonds is 5. The SMILES string of the molecule is C#CCOc1cc(-c2ccc3c(n2)N(C(=O)Nc2cccc(C4(C(F)(F)F)NN4)c2)[C@H]2CCN3C2)cc(C(F)(F)F)c1. The van der Waals surface area contributed by atoms with Gasteiger partial charge in [0.15, 0.2) is 5.82 Å². The lowest BCUT2D eigenvalue weighted by atomic mass is 10.0. The average Bonchev–Trinajstić information content (AvgIpc) is 3.68. The number of carbonyl (C=O) groups is 1. The molecule has 2 aromatic carbocycles. The molecule has 6 rings (SSSR count). The Morgan fingerprint density at radius 2 is 1.90 bits per heavy atom. The minimum Gasteiger partial charge on any atom is -0.481 e. The van der Waals surface area contributed by atoms with Crippen LogP contribution in [-0.4, -0.2) is 42.9 Å². The van der Waals surface area contributed by atoms with E-state index in [1.54, 1.807) is 12.1 Å². The highest BCUT2D eigenvalue weighted by Gasteiger charge is 2.65. The number of hydrogen-bond donors (Lipinski definition) is 3. The molecule has 0 radical (unpaired) electrons. The molecule has 3 N–H and O–H groups in total. The standard InChI is InChI=1S/C28H22F6N6O2/c1-2-10-42-21-12-16(11-18(14-21)27(29,30)31)22-6-7-23-24(36-22)40(20-8-9-39(23)15-20)25(41)35-19-5-3-4-17(13-19)26(37-38-26)28(32,33)34/h1,3-7,11-14,20,37-38H,8-10,15H2,(H,35,41)/t20-/m0/s1. The summed E-state index contributed by atoms with van der Waals surface area (Å²) in [6.45, 7) is 0.886. The highest BCUT2D eigenvalue weighted by Crippen LogP contribution is 2.44. The van der Waals surface area contributed by atoms with Gasteiger partial charge in [0.2, 0.25) is 5.66 Å². The molecule has 0 saturated carbocycles. The summed E-state index contributed by atoms with van der Waals surface area (Å²) in [7, 11) is 0. The third kappa shape index (κ3) is 4.84. The van der Waals surface area contributed by atoms with Crippen molar-refractivity contribution in [1.29, 1.82) is 0 Å². The van der Waals surface area contributed by atoms with Gasteiger partial charge in [-0.25, -0.2) is 20.6 Å². The molecule has 3 aromatic rings. The van der Waals surface area contributed by atoms with E-state index < -0.39 is 29.6 Å². The summed E-state index contributed by atoms with van der Waals surface area (Å²) in [6.07, 6.45) is -3.50. The summed E-state index contributed by atoms with van der Waals surface area (Å²) in [6, 6.07) is 10.8. The van der Waals surface area contributed by atoms with Crippen molar-refractivity contribution in [2.45, 2.75) is 30.5 Å². The number of anilines is 3. The largest absolute Gasteiger partial charge is 0.481 e. The Balaban J connectivity index is 1.34. The van der Waals surface area contributed by atoms with Crippen molar-refractivity contribution >= 4 is 23.2 Å². The lowest BCUT2D eigenvalue weighted by molar-refractivity contribution is -0.165. The first-order valence-corrected chi connectivity index (χ1v) is 12.8. The number of carbonyl (C=O) groups excluding carboxylic acids is 1. The Bertz CT molecular complexity index is 1600. The van der Waals surface area contributed by atoms with Crippen LogP contribution >= 0.6 is 0 Å². The quantitative estimate of drug-likeness (QED) is 0.214. The van der Waals surface area contributed by atoms with Gasteiger partial charge in [0.1, 0.15) is 12.4 Å². The molecule has 2 saturated heterocycles. The second-order valence-corrected chi connectivity index (χ2v) is 10.0. The molecule has 1 atom stereocenters. The summed E-state index contributed by atoms with van der Waals surface area (Å²) in [5, 5.41) is 2.67. The van der Waals surface area contributed by atoms with Crippen LogP contribution in [0.25, 0.3) is 11.3 Å². The highest BCUT2D eigenvalue weighted by atomic mass is 19.4. The summed E-state index contributed by atoms with van der Waals surface area (Å²) >= 11 is 0. The first-order valence-electron chi connectivity index (χ1n) is 12.8. The number of halogens is 6. The summed E-state index contributed by atoms with van der Waals surface area (Å²) in [5.74, 6) is 2.34. The maximum atomic E-state index is 13.7. The van der Waals surface area contributed by atoms with Gasteiger partial charge in [-0.15, -0.1) is 6.42 Å². The molecule has 0 spiro atoms. The molecule has 0 aliphatic carbocycles. The van der Waals surface area contributed by atoms with Crippen molar-refractivity contribution in [3.63, 3.8) is 0 Å². The lowest BCUT2D eigenvalue weighted by Crippen LogP contribution is -2.48. The fraction of sp³-hybridized carbons (Fsp3) is 0.286. The Labute approximate surface area is 235 Å². The zero-order valence-electron chi connectivity index (χ0n) is 21.6. The van der Waals surface area contributed by atoms with Gasteiger partial charge < -0.3 is 15.0 Å². The van der Waals surface area contributed by atoms with E-state index in [-0.39, 0.29) is 46.7 Å². The van der Waals surface area contributed by atoms with Crippen LogP contribution in [0.3, 0.4) is 0 Å². The molecule has 2 bridgehead atoms. The number of ether oxygens (including phenoxy) is 1. The maximum Gasteiger partial charge on any atom is 0.426 e. The minimum atomic E-state index is -4.67. The number of urea groups is 1. The molecule has 14 heteroatoms. The number of hydrogen-bond acceptors (Lipinski definition) is 6. The van der Waals surface area contributed by atoms with Gasteiger partial charge in [-0.2, -0.15) is 26.3 Å². The van der Waals surface area contributed by atoms with E-state index in [1.165, 1.54) is 35.2 Å². The highest BCUT2D eigenvalue weighted by molar-refractivity contribution is 6.04. The molecule has 4 heterocycles. The Hall–Kier alpha value is -4.48. The third-order valence-corrected chi connectivity index (χ3v) is 7.37. The predicted octanol–water partition coefficient (Wildman–Crippen LogP) is 5.23. The fourth-order valence-electron chi connectivity index (χ4n) is 5.28. The fourth-order valence-corrected chi connectivity index (χ4v) is 5.28. The zero-order chi connectivity index (χ0) is 29.9. The van der Waals surface area contributed by atoms with Crippen molar-refractivity contribution in [3.8, 4) is 29.4 Å². The smallest absolute Gasteiger partial charge is 0.426 e. The molecular weight excluding hydrogens is 566 g/mol. The van der Waals surface area contributed by atoms with Gasteiger partial charge in [-0.3, -0.25) is 4.90 Å². The predicted molar refractivity (Wildman–Crippen MR) is 142 cm³/mol. The number of pyridine rings is 1. The Morgan fingerprint density at radius 1 is 1.12 bits per heavy atom. The van der Waals surface area contributed by atoms with E-state index in [9.17, 15) is 31.1 Å². The van der Waals surface area contributed by atoms with E-state index in [0.717, 1.165) is 12.1 Å². The molecule has 8 nitrogen and oxygen atoms in total. The number of nitrogens with one attached hydrogen (secondary N) is 3. The number of nitrogens with zero attached hydrogens (tertiary/aromatic N) is 3. The van der Waals surface area contributed by atoms with Crippen LogP contribution in [0.1, 0.15) is 17.5 Å². The number of terminal acetylenes is 1. The van der Waals surface area contributed by atoms with E-state index in [1.807, 2.05) is 4.90 Å². The van der Waals surface area contributed by atoms with E-state index in [0.29, 0.717) is 25.2 Å². The normalized spacial score (nSPS) is 18.7. The topological polar surface area (TPSA) is 102 Å². The monoisotopic (exact) mass is 588 g/mol. The van der Waals surface area contributed by atoms with Crippen LogP contribution in [0.15, 0.2) is 54.6 Å². The van der Waals surface area contributed by atoms with Crippen LogP contribution in [0, 0.1) is 12.3 Å². The number of hydrazine groups is 1. The second kappa shape index (κ2) is 9.81. The van der Waals surface area contributed by atoms with Crippen LogP contribution < -0.4 is 30.7 Å². The Kier molecular flexibility index (Phi) is 6.47. The summed E-state index contributed by atoms with van der Waals surface area (Å²) in [5.41, 5.74) is 1.76. The average molecular weight is 589 g/mol. The van der Waals surface area contributed by atoms with Gasteiger partial charge in [0.25, 0.3) is 0 Å². The van der Waals surface area contributed by atoms with Gasteiger partial charge in [0, 0.05) is 29.9 Å². The van der Waals surface area contributed by atoms with Crippen LogP contribution in [0.2, 0.25) is 0 Å². The number of alkyl halides is 6. The second-order valence-electron chi connectivity index (χ2n) is 10.0. The molecule has 3 aliphatic rings. The zero-order valence-corrected chi connectivity index (χ0v) is 21.6. The number of fused-ring (bicyclic) bond motifs is 4. The first-order chi connectivity index (χ1) is 19.9. The van der Waals surface area contributed by atoms with Crippen molar-refractivity contribution in [2.24, 2.45) is 0 Å². The van der Waals surface area contributed by atoms with Crippen molar-refractivity contribution in [2.75, 3.05) is 34.8 Å². The van der Waals surface area contributed by atoms with E-state index >= 15 is 0 Å². The molecule has 1 aromatic heterocycles. The van der Waals surface area contributed by atoms with Crippen LogP contribution in [0.5, 0.6) is 5.75 Å². The lowest BCUT2D eigenvalue weighted by Gasteiger charge is -2.36. The first kappa shape index (κ1) is 27.7. The van der Waals surface area contributed by atoms with Gasteiger partial charge >= 0.3 is 18.4 Å². The van der Waals surface area contributed by atoms with Crippen LogP contribution in [-0.2, 0) is 11.8 Å². The van der Waals surface area contributed by atoms with E-state index in [2.05, 4.69) is 27.1 Å². The number of benzene rings is 2. The number of amides is 2. The molecule has 42 heavy (non-hydrogen) atoms. The van der Waals surface area contributed by atoms with Crippen LogP contribution in [0.4, 0.5) is 48.3 Å². The summed E-state index contributed by atoms with van der Waals surface area (Å²) < 4.78 is 87.0. The Morgan fingerprint density at radius 3 is 2.60 bits per heavy atom.